The Labute approximate surface area is 157 Å². The van der Waals surface area contributed by atoms with Crippen LogP contribution < -0.4 is 16.0 Å². The van der Waals surface area contributed by atoms with Crippen LogP contribution in [0.4, 0.5) is 5.69 Å². The van der Waals surface area contributed by atoms with E-state index in [2.05, 4.69) is 27.1 Å². The molecule has 1 fully saturated rings. The topological polar surface area (TPSA) is 87.0 Å². The highest BCUT2D eigenvalue weighted by Crippen LogP contribution is 2.32. The summed E-state index contributed by atoms with van der Waals surface area (Å²) < 4.78 is 0. The molecule has 2 atom stereocenters. The first kappa shape index (κ1) is 17.4. The van der Waals surface area contributed by atoms with Crippen LogP contribution in [-0.2, 0) is 4.79 Å². The number of H-pyrrole nitrogens is 1. The van der Waals surface area contributed by atoms with E-state index in [0.717, 1.165) is 65.2 Å². The Morgan fingerprint density at radius 2 is 2.35 bits per heavy atom. The Kier molecular flexibility index (Phi) is 4.91. The van der Waals surface area contributed by atoms with Crippen molar-refractivity contribution in [3.05, 3.63) is 35.1 Å². The van der Waals surface area contributed by atoms with E-state index in [4.69, 9.17) is 5.73 Å². The van der Waals surface area contributed by atoms with Gasteiger partial charge in [-0.25, -0.2) is 4.98 Å². The van der Waals surface area contributed by atoms with Gasteiger partial charge in [0.2, 0.25) is 0 Å². The minimum absolute atomic E-state index is 0.0230. The number of pyridine rings is 1. The largest absolute Gasteiger partial charge is 0.349 e. The highest BCUT2D eigenvalue weighted by molar-refractivity contribution is 8.04. The van der Waals surface area contributed by atoms with Gasteiger partial charge in [0.15, 0.2) is 0 Å². The van der Waals surface area contributed by atoms with Crippen molar-refractivity contribution >= 4 is 34.4 Å². The van der Waals surface area contributed by atoms with Crippen molar-refractivity contribution in [2.75, 3.05) is 17.2 Å². The molecule has 4 rings (SSSR count). The van der Waals surface area contributed by atoms with E-state index in [0.29, 0.717) is 0 Å². The summed E-state index contributed by atoms with van der Waals surface area (Å²) in [4.78, 5) is 23.3. The third kappa shape index (κ3) is 3.46. The van der Waals surface area contributed by atoms with Gasteiger partial charge in [0, 0.05) is 48.4 Å². The summed E-state index contributed by atoms with van der Waals surface area (Å²) >= 11 is 1.62. The first-order chi connectivity index (χ1) is 12.6. The van der Waals surface area contributed by atoms with Crippen molar-refractivity contribution < 1.29 is 4.79 Å². The number of aromatic nitrogens is 2. The van der Waals surface area contributed by atoms with Gasteiger partial charge in [-0.2, -0.15) is 0 Å². The molecule has 7 heteroatoms. The summed E-state index contributed by atoms with van der Waals surface area (Å²) in [7, 11) is 0. The minimum atomic E-state index is 0.0230. The van der Waals surface area contributed by atoms with E-state index in [1.807, 2.05) is 24.7 Å². The van der Waals surface area contributed by atoms with Crippen molar-refractivity contribution in [3.63, 3.8) is 0 Å². The number of carbonyl (C=O) groups excluding carboxylic acids is 1. The van der Waals surface area contributed by atoms with Crippen LogP contribution in [0.3, 0.4) is 0 Å². The van der Waals surface area contributed by atoms with Gasteiger partial charge in [-0.05, 0) is 44.2 Å². The van der Waals surface area contributed by atoms with Gasteiger partial charge >= 0.3 is 0 Å². The number of anilines is 1. The number of nitrogens with one attached hydrogen (secondary N) is 2. The van der Waals surface area contributed by atoms with Gasteiger partial charge < -0.3 is 20.9 Å². The monoisotopic (exact) mass is 371 g/mol. The van der Waals surface area contributed by atoms with E-state index < -0.39 is 0 Å². The molecule has 2 aromatic heterocycles. The molecule has 0 saturated heterocycles. The predicted octanol–water partition coefficient (Wildman–Crippen LogP) is 2.65. The summed E-state index contributed by atoms with van der Waals surface area (Å²) in [6.07, 6.45) is 9.82. The van der Waals surface area contributed by atoms with E-state index in [1.165, 1.54) is 0 Å². The number of fused-ring (bicyclic) bond motifs is 1. The highest BCUT2D eigenvalue weighted by atomic mass is 32.2. The van der Waals surface area contributed by atoms with Gasteiger partial charge in [-0.3, -0.25) is 4.79 Å². The van der Waals surface area contributed by atoms with Crippen LogP contribution in [-0.4, -0.2) is 40.3 Å². The lowest BCUT2D eigenvalue weighted by molar-refractivity contribution is -0.117. The molecule has 0 bridgehead atoms. The number of nitrogens with two attached hydrogens (primary N) is 1. The lowest BCUT2D eigenvalue weighted by Gasteiger charge is -2.30. The average Bonchev–Trinajstić information content (AvgIpc) is 3.03. The molecule has 6 nitrogen and oxygen atoms in total. The molecule has 1 amide bonds. The Morgan fingerprint density at radius 3 is 3.19 bits per heavy atom. The first-order valence-corrected chi connectivity index (χ1v) is 10.2. The zero-order valence-electron chi connectivity index (χ0n) is 15.0. The molecule has 2 aromatic rings. The molecular weight excluding hydrogens is 346 g/mol. The van der Waals surface area contributed by atoms with E-state index in [1.54, 1.807) is 11.8 Å². The number of hydrogen-bond donors (Lipinski definition) is 3. The fourth-order valence-corrected chi connectivity index (χ4v) is 4.76. The number of amides is 1. The first-order valence-electron chi connectivity index (χ1n) is 9.22. The third-order valence-electron chi connectivity index (χ3n) is 5.19. The smallest absolute Gasteiger partial charge is 0.259 e. The summed E-state index contributed by atoms with van der Waals surface area (Å²) in [5.41, 5.74) is 9.19. The normalized spacial score (nSPS) is 23.8. The maximum atomic E-state index is 12.7. The second-order valence-electron chi connectivity index (χ2n) is 7.16. The van der Waals surface area contributed by atoms with Gasteiger partial charge in [0.25, 0.3) is 5.91 Å². The summed E-state index contributed by atoms with van der Waals surface area (Å²) in [5.74, 6) is 0.909. The maximum absolute atomic E-state index is 12.7. The zero-order chi connectivity index (χ0) is 18.1. The minimum Gasteiger partial charge on any atom is -0.349 e. The summed E-state index contributed by atoms with van der Waals surface area (Å²) in [6.45, 7) is 2.95. The van der Waals surface area contributed by atoms with Crippen molar-refractivity contribution in [1.29, 1.82) is 0 Å². The molecule has 26 heavy (non-hydrogen) atoms. The Morgan fingerprint density at radius 1 is 1.46 bits per heavy atom. The lowest BCUT2D eigenvalue weighted by Crippen LogP contribution is -2.43. The Balaban J connectivity index is 1.55. The highest BCUT2D eigenvalue weighted by Gasteiger charge is 2.25. The van der Waals surface area contributed by atoms with Gasteiger partial charge in [-0.15, -0.1) is 11.8 Å². The van der Waals surface area contributed by atoms with Crippen LogP contribution in [0.5, 0.6) is 0 Å². The van der Waals surface area contributed by atoms with Crippen LogP contribution >= 0.6 is 11.8 Å². The molecule has 1 aliphatic heterocycles. The standard InChI is InChI=1S/C19H25N5OS/c1-12-10-22-18-17(12)15(5-6-21-18)24-7-8-26-16(11-24)19(25)23-14-4-2-3-13(20)9-14/h5-6,10-11,13-14H,2-4,7-9,20H2,1H3,(H,21,22)(H,23,25)/t13-,14+/m1/s1. The SMILES string of the molecule is Cc1c[nH]c2nccc(N3C=C(C(=O)N[C@H]4CCC[C@@H](N)C4)SCC3)c12. The lowest BCUT2D eigenvalue weighted by atomic mass is 9.91. The van der Waals surface area contributed by atoms with Crippen molar-refractivity contribution in [3.8, 4) is 0 Å². The number of nitrogens with zero attached hydrogens (tertiary/aromatic N) is 2. The molecular formula is C19H25N5OS. The zero-order valence-corrected chi connectivity index (χ0v) is 15.8. The number of aromatic amines is 1. The van der Waals surface area contributed by atoms with Gasteiger partial charge in [-0.1, -0.05) is 0 Å². The molecule has 0 spiro atoms. The second-order valence-corrected chi connectivity index (χ2v) is 8.29. The van der Waals surface area contributed by atoms with Crippen LogP contribution in [0.2, 0.25) is 0 Å². The molecule has 3 heterocycles. The van der Waals surface area contributed by atoms with E-state index in [-0.39, 0.29) is 18.0 Å². The van der Waals surface area contributed by atoms with Crippen LogP contribution in [0.1, 0.15) is 31.2 Å². The number of thioether (sulfide) groups is 1. The summed E-state index contributed by atoms with van der Waals surface area (Å²) in [5, 5.41) is 4.30. The second kappa shape index (κ2) is 7.32. The number of rotatable bonds is 3. The molecule has 0 aromatic carbocycles. The molecule has 0 unspecified atom stereocenters. The molecule has 1 saturated carbocycles. The Hall–Kier alpha value is -1.99. The summed E-state index contributed by atoms with van der Waals surface area (Å²) in [6, 6.07) is 2.42. The van der Waals surface area contributed by atoms with E-state index in [9.17, 15) is 4.79 Å². The van der Waals surface area contributed by atoms with Gasteiger partial charge in [0.05, 0.1) is 10.6 Å². The fraction of sp³-hybridized carbons (Fsp3) is 0.474. The Bertz CT molecular complexity index is 846. The van der Waals surface area contributed by atoms with Crippen LogP contribution in [0.15, 0.2) is 29.6 Å². The van der Waals surface area contributed by atoms with Gasteiger partial charge in [0.1, 0.15) is 5.65 Å². The number of aryl methyl sites for hydroxylation is 1. The van der Waals surface area contributed by atoms with Crippen molar-refractivity contribution in [2.45, 2.75) is 44.7 Å². The predicted molar refractivity (Wildman–Crippen MR) is 107 cm³/mol. The van der Waals surface area contributed by atoms with Crippen molar-refractivity contribution in [2.24, 2.45) is 5.73 Å². The van der Waals surface area contributed by atoms with Crippen LogP contribution in [0, 0.1) is 6.92 Å². The molecule has 0 radical (unpaired) electrons. The molecule has 138 valence electrons. The fourth-order valence-electron chi connectivity index (χ4n) is 3.86. The molecule has 2 aliphatic rings. The van der Waals surface area contributed by atoms with E-state index >= 15 is 0 Å². The number of hydrogen-bond acceptors (Lipinski definition) is 5. The average molecular weight is 372 g/mol. The maximum Gasteiger partial charge on any atom is 0.259 e. The molecule has 4 N–H and O–H groups in total. The molecule has 1 aliphatic carbocycles. The van der Waals surface area contributed by atoms with Crippen LogP contribution in [0.25, 0.3) is 11.0 Å². The quantitative estimate of drug-likeness (QED) is 0.772. The number of carbonyl (C=O) groups is 1. The third-order valence-corrected chi connectivity index (χ3v) is 6.18. The van der Waals surface area contributed by atoms with Crippen molar-refractivity contribution in [1.82, 2.24) is 15.3 Å².